The molecule has 98 valence electrons. The summed E-state index contributed by atoms with van der Waals surface area (Å²) in [6, 6.07) is 14.8. The molecular weight excluding hydrogens is 260 g/mol. The molecule has 3 nitrogen and oxygen atoms in total. The molecule has 0 radical (unpaired) electrons. The molecule has 4 heteroatoms. The number of benzene rings is 2. The van der Waals surface area contributed by atoms with Crippen LogP contribution in [0.4, 0.5) is 5.69 Å². The summed E-state index contributed by atoms with van der Waals surface area (Å²) in [5.74, 6) is -0.0373. The summed E-state index contributed by atoms with van der Waals surface area (Å²) in [6.45, 7) is 0.477. The zero-order chi connectivity index (χ0) is 13.7. The lowest BCUT2D eigenvalue weighted by Crippen LogP contribution is -2.24. The molecule has 0 atom stereocenters. The lowest BCUT2D eigenvalue weighted by Gasteiger charge is -2.06. The van der Waals surface area contributed by atoms with Crippen LogP contribution in [-0.4, -0.2) is 5.91 Å². The molecule has 2 aromatic carbocycles. The summed E-state index contributed by atoms with van der Waals surface area (Å²) in [7, 11) is 0. The van der Waals surface area contributed by atoms with E-state index in [4.69, 9.17) is 17.3 Å². The van der Waals surface area contributed by atoms with Gasteiger partial charge < -0.3 is 11.1 Å². The second-order valence-corrected chi connectivity index (χ2v) is 4.76. The Morgan fingerprint density at radius 3 is 2.58 bits per heavy atom. The van der Waals surface area contributed by atoms with Crippen LogP contribution in [-0.2, 0) is 17.8 Å². The average molecular weight is 275 g/mol. The van der Waals surface area contributed by atoms with E-state index in [1.807, 2.05) is 36.4 Å². The number of carbonyl (C=O) groups excluding carboxylic acids is 1. The Morgan fingerprint density at radius 1 is 1.11 bits per heavy atom. The number of nitrogen functional groups attached to an aromatic ring is 1. The van der Waals surface area contributed by atoms with Crippen molar-refractivity contribution in [2.24, 2.45) is 0 Å². The predicted molar refractivity (Wildman–Crippen MR) is 77.9 cm³/mol. The van der Waals surface area contributed by atoms with Crippen molar-refractivity contribution in [2.45, 2.75) is 13.0 Å². The fraction of sp³-hybridized carbons (Fsp3) is 0.133. The molecule has 0 aliphatic heterocycles. The molecule has 2 rings (SSSR count). The Balaban J connectivity index is 1.88. The maximum absolute atomic E-state index is 11.8. The summed E-state index contributed by atoms with van der Waals surface area (Å²) in [4.78, 5) is 11.8. The van der Waals surface area contributed by atoms with Gasteiger partial charge in [-0.2, -0.15) is 0 Å². The van der Waals surface area contributed by atoms with Gasteiger partial charge in [0, 0.05) is 17.3 Å². The van der Waals surface area contributed by atoms with Crippen molar-refractivity contribution in [1.82, 2.24) is 5.32 Å². The second-order valence-electron chi connectivity index (χ2n) is 4.33. The first-order valence-electron chi connectivity index (χ1n) is 5.99. The summed E-state index contributed by atoms with van der Waals surface area (Å²) in [5, 5.41) is 3.50. The number of hydrogen-bond acceptors (Lipinski definition) is 2. The molecule has 19 heavy (non-hydrogen) atoms. The maximum Gasteiger partial charge on any atom is 0.224 e. The van der Waals surface area contributed by atoms with E-state index in [-0.39, 0.29) is 5.91 Å². The molecule has 3 N–H and O–H groups in total. The maximum atomic E-state index is 11.8. The summed E-state index contributed by atoms with van der Waals surface area (Å²) in [6.07, 6.45) is 0.322. The third kappa shape index (κ3) is 4.30. The van der Waals surface area contributed by atoms with E-state index in [1.165, 1.54) is 0 Å². The second kappa shape index (κ2) is 6.25. The Labute approximate surface area is 117 Å². The summed E-state index contributed by atoms with van der Waals surface area (Å²) < 4.78 is 0. The van der Waals surface area contributed by atoms with Gasteiger partial charge in [0.1, 0.15) is 0 Å². The highest BCUT2D eigenvalue weighted by Gasteiger charge is 2.04. The molecular formula is C15H15ClN2O. The number of hydrogen-bond donors (Lipinski definition) is 2. The van der Waals surface area contributed by atoms with Crippen molar-refractivity contribution >= 4 is 23.2 Å². The third-order valence-electron chi connectivity index (χ3n) is 2.69. The Bertz CT molecular complexity index is 584. The molecule has 0 unspecified atom stereocenters. The summed E-state index contributed by atoms with van der Waals surface area (Å²) in [5.41, 5.74) is 8.26. The smallest absolute Gasteiger partial charge is 0.224 e. The zero-order valence-electron chi connectivity index (χ0n) is 10.4. The topological polar surface area (TPSA) is 55.1 Å². The molecule has 0 saturated carbocycles. The van der Waals surface area contributed by atoms with Crippen LogP contribution < -0.4 is 11.1 Å². The largest absolute Gasteiger partial charge is 0.399 e. The highest BCUT2D eigenvalue weighted by molar-refractivity contribution is 6.30. The van der Waals surface area contributed by atoms with E-state index in [0.717, 1.165) is 11.1 Å². The van der Waals surface area contributed by atoms with Gasteiger partial charge in [-0.1, -0.05) is 35.9 Å². The van der Waals surface area contributed by atoms with Crippen molar-refractivity contribution < 1.29 is 4.79 Å². The number of anilines is 1. The van der Waals surface area contributed by atoms with Crippen molar-refractivity contribution in [3.05, 3.63) is 64.7 Å². The average Bonchev–Trinajstić information content (AvgIpc) is 2.36. The molecule has 0 aliphatic carbocycles. The SMILES string of the molecule is Nc1cccc(CNC(=O)Cc2cccc(Cl)c2)c1. The molecule has 0 saturated heterocycles. The molecule has 0 heterocycles. The number of halogens is 1. The highest BCUT2D eigenvalue weighted by atomic mass is 35.5. The van der Waals surface area contributed by atoms with Gasteiger partial charge in [0.25, 0.3) is 0 Å². The van der Waals surface area contributed by atoms with Crippen LogP contribution in [0.25, 0.3) is 0 Å². The first kappa shape index (κ1) is 13.4. The van der Waals surface area contributed by atoms with Gasteiger partial charge in [-0.05, 0) is 35.4 Å². The van der Waals surface area contributed by atoms with Crippen LogP contribution in [0, 0.1) is 0 Å². The van der Waals surface area contributed by atoms with Gasteiger partial charge >= 0.3 is 0 Å². The quantitative estimate of drug-likeness (QED) is 0.843. The first-order chi connectivity index (χ1) is 9.13. The van der Waals surface area contributed by atoms with Crippen LogP contribution in [0.5, 0.6) is 0 Å². The van der Waals surface area contributed by atoms with Gasteiger partial charge in [-0.15, -0.1) is 0 Å². The van der Waals surface area contributed by atoms with Crippen molar-refractivity contribution in [1.29, 1.82) is 0 Å². The van der Waals surface area contributed by atoms with Crippen LogP contribution >= 0.6 is 11.6 Å². The van der Waals surface area contributed by atoms with Gasteiger partial charge in [0.15, 0.2) is 0 Å². The lowest BCUT2D eigenvalue weighted by atomic mass is 10.1. The van der Waals surface area contributed by atoms with Crippen LogP contribution in [0.15, 0.2) is 48.5 Å². The van der Waals surface area contributed by atoms with E-state index in [2.05, 4.69) is 5.32 Å². The van der Waals surface area contributed by atoms with Crippen LogP contribution in [0.2, 0.25) is 5.02 Å². The number of amides is 1. The Kier molecular flexibility index (Phi) is 4.42. The minimum Gasteiger partial charge on any atom is -0.399 e. The molecule has 0 spiro atoms. The van der Waals surface area contributed by atoms with Crippen molar-refractivity contribution in [2.75, 3.05) is 5.73 Å². The Hall–Kier alpha value is -2.00. The van der Waals surface area contributed by atoms with Gasteiger partial charge in [0.2, 0.25) is 5.91 Å². The van der Waals surface area contributed by atoms with Crippen LogP contribution in [0.3, 0.4) is 0 Å². The first-order valence-corrected chi connectivity index (χ1v) is 6.37. The molecule has 2 aromatic rings. The number of carbonyl (C=O) groups is 1. The van der Waals surface area contributed by atoms with E-state index < -0.39 is 0 Å². The third-order valence-corrected chi connectivity index (χ3v) is 2.93. The van der Waals surface area contributed by atoms with Gasteiger partial charge in [-0.25, -0.2) is 0 Å². The van der Waals surface area contributed by atoms with E-state index in [9.17, 15) is 4.79 Å². The Morgan fingerprint density at radius 2 is 1.84 bits per heavy atom. The standard InChI is InChI=1S/C15H15ClN2O/c16-13-5-1-3-11(7-13)9-15(19)18-10-12-4-2-6-14(17)8-12/h1-8H,9-10,17H2,(H,18,19). The van der Waals surface area contributed by atoms with Gasteiger partial charge in [-0.3, -0.25) is 4.79 Å². The molecule has 0 aromatic heterocycles. The van der Waals surface area contributed by atoms with Crippen LogP contribution in [0.1, 0.15) is 11.1 Å². The zero-order valence-corrected chi connectivity index (χ0v) is 11.2. The van der Waals surface area contributed by atoms with Crippen molar-refractivity contribution in [3.63, 3.8) is 0 Å². The number of rotatable bonds is 4. The van der Waals surface area contributed by atoms with E-state index in [0.29, 0.717) is 23.7 Å². The fourth-order valence-electron chi connectivity index (χ4n) is 1.80. The summed E-state index contributed by atoms with van der Waals surface area (Å²) >= 11 is 5.87. The van der Waals surface area contributed by atoms with Gasteiger partial charge in [0.05, 0.1) is 6.42 Å². The number of nitrogens with one attached hydrogen (secondary N) is 1. The lowest BCUT2D eigenvalue weighted by molar-refractivity contribution is -0.120. The molecule has 1 amide bonds. The molecule has 0 fully saturated rings. The highest BCUT2D eigenvalue weighted by Crippen LogP contribution is 2.11. The van der Waals surface area contributed by atoms with Crippen molar-refractivity contribution in [3.8, 4) is 0 Å². The monoisotopic (exact) mass is 274 g/mol. The minimum atomic E-state index is -0.0373. The normalized spacial score (nSPS) is 10.2. The fourth-order valence-corrected chi connectivity index (χ4v) is 2.01. The van der Waals surface area contributed by atoms with E-state index in [1.54, 1.807) is 12.1 Å². The van der Waals surface area contributed by atoms with E-state index >= 15 is 0 Å². The minimum absolute atomic E-state index is 0.0373. The molecule has 0 bridgehead atoms. The number of nitrogens with two attached hydrogens (primary N) is 1. The predicted octanol–water partition coefficient (Wildman–Crippen LogP) is 2.78. The molecule has 0 aliphatic rings.